The molecule has 5 rings (SSSR count). The maximum Gasteiger partial charge on any atom is 0.234 e. The lowest BCUT2D eigenvalue weighted by molar-refractivity contribution is -0.113. The van der Waals surface area contributed by atoms with Crippen LogP contribution in [0.1, 0.15) is 49.6 Å². The standard InChI is InChI=1S/C25H29N5O2S3/c1-5-10-33-23-27-22-20(17-12-25(4,6-2)32-13-18(17)35-22)21-28-29-24(30(21)23)34-14-19(31)26-16-9-7-8-15(3)11-16/h7-9,11H,5-6,10,12-14H2,1-4H3,(H,26,31)/t25-/m1/s1. The molecule has 10 heteroatoms. The molecule has 3 aromatic heterocycles. The first-order valence-corrected chi connectivity index (χ1v) is 14.6. The molecule has 4 aromatic rings. The first kappa shape index (κ1) is 24.5. The quantitative estimate of drug-likeness (QED) is 0.218. The highest BCUT2D eigenvalue weighted by Gasteiger charge is 2.33. The second kappa shape index (κ2) is 10.1. The van der Waals surface area contributed by atoms with Crippen molar-refractivity contribution in [1.82, 2.24) is 19.6 Å². The summed E-state index contributed by atoms with van der Waals surface area (Å²) in [6, 6.07) is 7.81. The molecule has 0 bridgehead atoms. The molecule has 1 amide bonds. The van der Waals surface area contributed by atoms with Gasteiger partial charge in [-0.1, -0.05) is 49.5 Å². The topological polar surface area (TPSA) is 81.4 Å². The van der Waals surface area contributed by atoms with E-state index in [2.05, 4.69) is 36.3 Å². The maximum atomic E-state index is 12.7. The summed E-state index contributed by atoms with van der Waals surface area (Å²) in [5, 5.41) is 14.7. The number of hydrogen-bond acceptors (Lipinski definition) is 8. The smallest absolute Gasteiger partial charge is 0.234 e. The maximum absolute atomic E-state index is 12.7. The van der Waals surface area contributed by atoms with Gasteiger partial charge >= 0.3 is 0 Å². The summed E-state index contributed by atoms with van der Waals surface area (Å²) in [6.07, 6.45) is 2.83. The molecule has 0 fully saturated rings. The number of rotatable bonds is 8. The SMILES string of the molecule is CCCSc1nc2sc3c(c2c2nnc(SCC(=O)Nc4cccc(C)c4)n12)C[C@@](C)(CC)OC3. The van der Waals surface area contributed by atoms with E-state index in [0.717, 1.165) is 57.3 Å². The van der Waals surface area contributed by atoms with Gasteiger partial charge in [0, 0.05) is 22.7 Å². The van der Waals surface area contributed by atoms with Crippen LogP contribution in [0.3, 0.4) is 0 Å². The number of aryl methyl sites for hydroxylation is 1. The Morgan fingerprint density at radius 2 is 2.11 bits per heavy atom. The Bertz CT molecular complexity index is 1400. The largest absolute Gasteiger partial charge is 0.369 e. The van der Waals surface area contributed by atoms with Crippen molar-refractivity contribution in [3.05, 3.63) is 40.3 Å². The van der Waals surface area contributed by atoms with Crippen LogP contribution in [-0.4, -0.2) is 42.6 Å². The van der Waals surface area contributed by atoms with Crippen molar-refractivity contribution in [1.29, 1.82) is 0 Å². The molecule has 1 aromatic carbocycles. The van der Waals surface area contributed by atoms with Crippen molar-refractivity contribution in [2.24, 2.45) is 0 Å². The number of carbonyl (C=O) groups is 1. The van der Waals surface area contributed by atoms with E-state index in [-0.39, 0.29) is 17.3 Å². The van der Waals surface area contributed by atoms with Gasteiger partial charge < -0.3 is 10.1 Å². The van der Waals surface area contributed by atoms with Crippen molar-refractivity contribution in [3.8, 4) is 0 Å². The number of fused-ring (bicyclic) bond motifs is 5. The zero-order valence-corrected chi connectivity index (χ0v) is 22.8. The number of aromatic nitrogens is 4. The van der Waals surface area contributed by atoms with Gasteiger partial charge in [-0.05, 0) is 49.9 Å². The number of benzene rings is 1. The number of ether oxygens (including phenoxy) is 1. The molecule has 4 heterocycles. The van der Waals surface area contributed by atoms with E-state index in [1.165, 1.54) is 22.2 Å². The third kappa shape index (κ3) is 4.94. The molecule has 1 N–H and O–H groups in total. The summed E-state index contributed by atoms with van der Waals surface area (Å²) in [7, 11) is 0. The molecular weight excluding hydrogens is 499 g/mol. The molecule has 0 spiro atoms. The molecule has 7 nitrogen and oxygen atoms in total. The summed E-state index contributed by atoms with van der Waals surface area (Å²) < 4.78 is 8.23. The van der Waals surface area contributed by atoms with Crippen LogP contribution < -0.4 is 5.32 Å². The van der Waals surface area contributed by atoms with Gasteiger partial charge in [-0.15, -0.1) is 21.5 Å². The monoisotopic (exact) mass is 527 g/mol. The van der Waals surface area contributed by atoms with Gasteiger partial charge in [0.15, 0.2) is 16.0 Å². The fourth-order valence-corrected chi connectivity index (χ4v) is 6.97. The number of nitrogens with one attached hydrogen (secondary N) is 1. The number of amides is 1. The molecule has 1 aliphatic heterocycles. The van der Waals surface area contributed by atoms with Gasteiger partial charge in [0.2, 0.25) is 5.91 Å². The van der Waals surface area contributed by atoms with E-state index in [9.17, 15) is 4.79 Å². The van der Waals surface area contributed by atoms with Crippen molar-refractivity contribution in [2.75, 3.05) is 16.8 Å². The number of thiophene rings is 1. The normalized spacial score (nSPS) is 17.7. The predicted molar refractivity (Wildman–Crippen MR) is 145 cm³/mol. The van der Waals surface area contributed by atoms with Gasteiger partial charge in [0.1, 0.15) is 4.83 Å². The highest BCUT2D eigenvalue weighted by Crippen LogP contribution is 2.42. The molecular formula is C25H29N5O2S3. The van der Waals surface area contributed by atoms with Crippen LogP contribution in [0.15, 0.2) is 34.6 Å². The molecule has 0 saturated carbocycles. The summed E-state index contributed by atoms with van der Waals surface area (Å²) in [4.78, 5) is 19.9. The van der Waals surface area contributed by atoms with Crippen LogP contribution >= 0.6 is 34.9 Å². The fraction of sp³-hybridized carbons (Fsp3) is 0.440. The number of hydrogen-bond donors (Lipinski definition) is 1. The predicted octanol–water partition coefficient (Wildman–Crippen LogP) is 6.12. The zero-order valence-electron chi connectivity index (χ0n) is 20.4. The lowest BCUT2D eigenvalue weighted by atomic mass is 9.90. The number of nitrogens with zero attached hydrogens (tertiary/aromatic N) is 4. The minimum atomic E-state index is -0.181. The van der Waals surface area contributed by atoms with Crippen LogP contribution in [0.4, 0.5) is 5.69 Å². The minimum Gasteiger partial charge on any atom is -0.369 e. The fourth-order valence-electron chi connectivity index (χ4n) is 4.18. The van der Waals surface area contributed by atoms with Crippen LogP contribution in [0.5, 0.6) is 0 Å². The second-order valence-electron chi connectivity index (χ2n) is 9.04. The Balaban J connectivity index is 1.49. The van der Waals surface area contributed by atoms with Gasteiger partial charge in [0.25, 0.3) is 0 Å². The van der Waals surface area contributed by atoms with E-state index < -0.39 is 0 Å². The molecule has 0 radical (unpaired) electrons. The molecule has 1 aliphatic rings. The highest BCUT2D eigenvalue weighted by atomic mass is 32.2. The van der Waals surface area contributed by atoms with Crippen molar-refractivity contribution in [2.45, 2.75) is 69.5 Å². The molecule has 0 saturated heterocycles. The minimum absolute atomic E-state index is 0.0714. The number of carbonyl (C=O) groups excluding carboxylic acids is 1. The van der Waals surface area contributed by atoms with Crippen molar-refractivity contribution >= 4 is 62.3 Å². The molecule has 0 aliphatic carbocycles. The van der Waals surface area contributed by atoms with Crippen molar-refractivity contribution in [3.63, 3.8) is 0 Å². The molecule has 35 heavy (non-hydrogen) atoms. The molecule has 184 valence electrons. The van der Waals surface area contributed by atoms with E-state index in [1.807, 2.05) is 35.6 Å². The van der Waals surface area contributed by atoms with Gasteiger partial charge in [-0.2, -0.15) is 0 Å². The van der Waals surface area contributed by atoms with E-state index in [0.29, 0.717) is 11.8 Å². The Kier molecular flexibility index (Phi) is 7.07. The summed E-state index contributed by atoms with van der Waals surface area (Å²) in [6.45, 7) is 9.12. The van der Waals surface area contributed by atoms with Crippen LogP contribution in [0, 0.1) is 6.92 Å². The van der Waals surface area contributed by atoms with E-state index in [4.69, 9.17) is 9.72 Å². The highest BCUT2D eigenvalue weighted by molar-refractivity contribution is 8.00. The third-order valence-corrected chi connectivity index (χ3v) is 9.41. The number of anilines is 1. The van der Waals surface area contributed by atoms with E-state index >= 15 is 0 Å². The Morgan fingerprint density at radius 1 is 1.26 bits per heavy atom. The van der Waals surface area contributed by atoms with Crippen LogP contribution in [0.2, 0.25) is 0 Å². The molecule has 0 unspecified atom stereocenters. The second-order valence-corrected chi connectivity index (χ2v) is 12.1. The lowest BCUT2D eigenvalue weighted by Gasteiger charge is -2.33. The van der Waals surface area contributed by atoms with Crippen LogP contribution in [0.25, 0.3) is 15.9 Å². The van der Waals surface area contributed by atoms with Crippen molar-refractivity contribution < 1.29 is 9.53 Å². The summed E-state index contributed by atoms with van der Waals surface area (Å²) in [5.74, 6) is 1.12. The Hall–Kier alpha value is -2.14. The van der Waals surface area contributed by atoms with Gasteiger partial charge in [-0.25, -0.2) is 9.38 Å². The van der Waals surface area contributed by atoms with Crippen LogP contribution in [-0.2, 0) is 22.6 Å². The summed E-state index contributed by atoms with van der Waals surface area (Å²) >= 11 is 4.80. The van der Waals surface area contributed by atoms with Gasteiger partial charge in [0.05, 0.1) is 23.3 Å². The number of thioether (sulfide) groups is 2. The average Bonchev–Trinajstić information content (AvgIpc) is 3.42. The Morgan fingerprint density at radius 3 is 2.89 bits per heavy atom. The lowest BCUT2D eigenvalue weighted by Crippen LogP contribution is -2.33. The Labute approximate surface area is 217 Å². The third-order valence-electron chi connectivity index (χ3n) is 6.24. The zero-order chi connectivity index (χ0) is 24.6. The van der Waals surface area contributed by atoms with E-state index in [1.54, 1.807) is 23.1 Å². The molecule has 1 atom stereocenters. The average molecular weight is 528 g/mol. The first-order valence-electron chi connectivity index (χ1n) is 11.9. The van der Waals surface area contributed by atoms with Gasteiger partial charge in [-0.3, -0.25) is 4.79 Å². The first-order chi connectivity index (χ1) is 16.9. The summed E-state index contributed by atoms with van der Waals surface area (Å²) in [5.41, 5.74) is 3.84.